The summed E-state index contributed by atoms with van der Waals surface area (Å²) in [5.41, 5.74) is 8.36. The highest BCUT2D eigenvalue weighted by molar-refractivity contribution is 8.07. The molecule has 2 fully saturated rings. The zero-order valence-corrected chi connectivity index (χ0v) is 17.1. The Morgan fingerprint density at radius 3 is 2.29 bits per heavy atom. The maximum atomic E-state index is 6.00. The van der Waals surface area contributed by atoms with Crippen LogP contribution in [-0.2, 0) is 0 Å². The maximum absolute atomic E-state index is 6.00. The van der Waals surface area contributed by atoms with E-state index in [1.165, 1.54) is 17.5 Å². The van der Waals surface area contributed by atoms with Crippen LogP contribution in [0.25, 0.3) is 11.1 Å². The van der Waals surface area contributed by atoms with Crippen LogP contribution >= 0.6 is 11.8 Å². The van der Waals surface area contributed by atoms with Crippen molar-refractivity contribution in [3.05, 3.63) is 92.0 Å². The Morgan fingerprint density at radius 2 is 1.71 bits per heavy atom. The van der Waals surface area contributed by atoms with Crippen LogP contribution in [0.5, 0.6) is 5.75 Å². The molecule has 0 bridgehead atoms. The fourth-order valence-corrected chi connectivity index (χ4v) is 4.85. The fourth-order valence-electron chi connectivity index (χ4n) is 3.42. The molecule has 2 aliphatic rings. The summed E-state index contributed by atoms with van der Waals surface area (Å²) in [5, 5.41) is 5.13. The molecule has 0 radical (unpaired) electrons. The predicted octanol–water partition coefficient (Wildman–Crippen LogP) is 5.33. The second-order valence-corrected chi connectivity index (χ2v) is 8.44. The summed E-state index contributed by atoms with van der Waals surface area (Å²) in [7, 11) is 0. The van der Waals surface area contributed by atoms with Crippen LogP contribution in [0.2, 0.25) is 0 Å². The van der Waals surface area contributed by atoms with E-state index in [4.69, 9.17) is 10.5 Å². The van der Waals surface area contributed by atoms with Gasteiger partial charge in [-0.05, 0) is 35.6 Å². The van der Waals surface area contributed by atoms with Gasteiger partial charge in [0.1, 0.15) is 5.75 Å². The normalized spacial score (nSPS) is 25.0. The van der Waals surface area contributed by atoms with Gasteiger partial charge < -0.3 is 15.8 Å². The largest absolute Gasteiger partial charge is 0.440 e. The number of hydrogen-bond acceptors (Lipinski definition) is 4. The van der Waals surface area contributed by atoms with Crippen molar-refractivity contribution >= 4 is 11.8 Å². The van der Waals surface area contributed by atoms with Gasteiger partial charge in [-0.3, -0.25) is 0 Å². The van der Waals surface area contributed by atoms with Crippen LogP contribution < -0.4 is 15.8 Å². The van der Waals surface area contributed by atoms with E-state index in [0.717, 1.165) is 16.2 Å². The van der Waals surface area contributed by atoms with E-state index in [2.05, 4.69) is 61.4 Å². The van der Waals surface area contributed by atoms with Crippen LogP contribution in [0.15, 0.2) is 92.0 Å². The lowest BCUT2D eigenvalue weighted by Gasteiger charge is -2.18. The first-order valence-corrected chi connectivity index (χ1v) is 10.5. The van der Waals surface area contributed by atoms with Gasteiger partial charge in [-0.15, -0.1) is 0 Å². The van der Waals surface area contributed by atoms with Crippen LogP contribution in [0, 0.1) is 5.92 Å². The average Bonchev–Trinajstić information content (AvgIpc) is 3.44. The molecule has 3 nitrogen and oxygen atoms in total. The van der Waals surface area contributed by atoms with Gasteiger partial charge in [0, 0.05) is 16.5 Å². The summed E-state index contributed by atoms with van der Waals surface area (Å²) in [4.78, 5) is 0. The molecule has 0 aromatic heterocycles. The number of thioether (sulfide) groups is 1. The second-order valence-electron chi connectivity index (χ2n) is 7.02. The molecule has 1 saturated carbocycles. The van der Waals surface area contributed by atoms with Gasteiger partial charge in [0.05, 0.1) is 6.20 Å². The highest BCUT2D eigenvalue weighted by atomic mass is 32.2. The van der Waals surface area contributed by atoms with E-state index < -0.39 is 0 Å². The van der Waals surface area contributed by atoms with Crippen LogP contribution in [0.4, 0.5) is 0 Å². The Balaban J connectivity index is 0.000000516. The first-order chi connectivity index (χ1) is 13.6. The van der Waals surface area contributed by atoms with Crippen molar-refractivity contribution in [2.45, 2.75) is 29.9 Å². The van der Waals surface area contributed by atoms with Gasteiger partial charge in [0.25, 0.3) is 0 Å². The molecule has 1 aliphatic heterocycles. The zero-order chi connectivity index (χ0) is 19.9. The molecule has 0 amide bonds. The summed E-state index contributed by atoms with van der Waals surface area (Å²) in [6, 6.07) is 18.8. The van der Waals surface area contributed by atoms with Gasteiger partial charge in [-0.25, -0.2) is 0 Å². The maximum Gasteiger partial charge on any atom is 0.206 e. The Morgan fingerprint density at radius 1 is 1.07 bits per heavy atom. The SMILES string of the molecule is C=CC=C.CC1C(NC=C(N)Oc2ccc(-c3ccccc3)cc2)CC2SC21. The predicted molar refractivity (Wildman–Crippen MR) is 121 cm³/mol. The molecule has 1 saturated heterocycles. The highest BCUT2D eigenvalue weighted by Gasteiger charge is 2.52. The third-order valence-electron chi connectivity index (χ3n) is 5.06. The number of benzene rings is 2. The number of hydrogen-bond donors (Lipinski definition) is 2. The molecule has 146 valence electrons. The van der Waals surface area contributed by atoms with Crippen LogP contribution in [-0.4, -0.2) is 16.5 Å². The number of ether oxygens (including phenoxy) is 1. The average molecular weight is 393 g/mol. The summed E-state index contributed by atoms with van der Waals surface area (Å²) in [5.74, 6) is 1.86. The third kappa shape index (κ3) is 5.23. The molecule has 3 N–H and O–H groups in total. The standard InChI is InChI=1S/C20H22N2OS.C4H6/c1-13-17(11-18-20(13)24-18)22-12-19(21)23-16-9-7-15(8-10-16)14-5-3-2-4-6-14;1-3-4-2/h2-10,12-13,17-18,20,22H,11,21H2,1H3;3-4H,1-2H2. The van der Waals surface area contributed by atoms with Crippen LogP contribution in [0.1, 0.15) is 13.3 Å². The molecular weight excluding hydrogens is 364 g/mol. The Labute approximate surface area is 172 Å². The Hall–Kier alpha value is -2.59. The van der Waals surface area contributed by atoms with Gasteiger partial charge in [-0.2, -0.15) is 11.8 Å². The van der Waals surface area contributed by atoms with Crippen LogP contribution in [0.3, 0.4) is 0 Å². The number of nitrogens with one attached hydrogen (secondary N) is 1. The number of allylic oxidation sites excluding steroid dienone is 2. The lowest BCUT2D eigenvalue weighted by Crippen LogP contribution is -2.30. The lowest BCUT2D eigenvalue weighted by molar-refractivity contribution is 0.404. The molecule has 4 unspecified atom stereocenters. The lowest BCUT2D eigenvalue weighted by atomic mass is 10.1. The first-order valence-electron chi connectivity index (χ1n) is 9.56. The minimum Gasteiger partial charge on any atom is -0.440 e. The van der Waals surface area contributed by atoms with E-state index >= 15 is 0 Å². The van der Waals surface area contributed by atoms with Crippen molar-refractivity contribution in [1.82, 2.24) is 5.32 Å². The van der Waals surface area contributed by atoms with Gasteiger partial charge in [-0.1, -0.05) is 74.7 Å². The van der Waals surface area contributed by atoms with Gasteiger partial charge >= 0.3 is 0 Å². The molecule has 28 heavy (non-hydrogen) atoms. The monoisotopic (exact) mass is 392 g/mol. The topological polar surface area (TPSA) is 47.3 Å². The van der Waals surface area contributed by atoms with Gasteiger partial charge in [0.2, 0.25) is 5.88 Å². The highest BCUT2D eigenvalue weighted by Crippen LogP contribution is 2.55. The zero-order valence-electron chi connectivity index (χ0n) is 16.3. The van der Waals surface area contributed by atoms with Crippen molar-refractivity contribution < 1.29 is 4.74 Å². The number of rotatable bonds is 6. The summed E-state index contributed by atoms with van der Waals surface area (Å²) < 4.78 is 5.71. The number of nitrogens with two attached hydrogens (primary N) is 1. The summed E-state index contributed by atoms with van der Waals surface area (Å²) >= 11 is 2.10. The summed E-state index contributed by atoms with van der Waals surface area (Å²) in [6.07, 6.45) is 6.31. The molecule has 1 heterocycles. The third-order valence-corrected chi connectivity index (χ3v) is 6.66. The minimum atomic E-state index is 0.405. The van der Waals surface area contributed by atoms with Crippen molar-refractivity contribution in [2.75, 3.05) is 0 Å². The van der Waals surface area contributed by atoms with Crippen molar-refractivity contribution in [3.8, 4) is 16.9 Å². The molecular formula is C24H28N2OS. The first kappa shape index (κ1) is 20.2. The van der Waals surface area contributed by atoms with Crippen molar-refractivity contribution in [1.29, 1.82) is 0 Å². The van der Waals surface area contributed by atoms with Crippen molar-refractivity contribution in [2.24, 2.45) is 11.7 Å². The van der Waals surface area contributed by atoms with E-state index in [0.29, 0.717) is 17.8 Å². The van der Waals surface area contributed by atoms with Gasteiger partial charge in [0.15, 0.2) is 0 Å². The molecule has 0 spiro atoms. The Kier molecular flexibility index (Phi) is 6.88. The molecule has 4 heteroatoms. The van der Waals surface area contributed by atoms with E-state index in [1.54, 1.807) is 12.2 Å². The fraction of sp³-hybridized carbons (Fsp3) is 0.250. The molecule has 2 aromatic rings. The van der Waals surface area contributed by atoms with E-state index in [-0.39, 0.29) is 0 Å². The minimum absolute atomic E-state index is 0.405. The molecule has 2 aromatic carbocycles. The van der Waals surface area contributed by atoms with E-state index in [9.17, 15) is 0 Å². The molecule has 4 rings (SSSR count). The molecule has 4 atom stereocenters. The summed E-state index contributed by atoms with van der Waals surface area (Å²) in [6.45, 7) is 9.04. The second kappa shape index (κ2) is 9.56. The smallest absolute Gasteiger partial charge is 0.206 e. The quantitative estimate of drug-likeness (QED) is 0.396. The van der Waals surface area contributed by atoms with E-state index in [1.807, 2.05) is 36.5 Å². The Bertz CT molecular complexity index is 810. The number of fused-ring (bicyclic) bond motifs is 1. The molecule has 1 aliphatic carbocycles. The van der Waals surface area contributed by atoms with Crippen molar-refractivity contribution in [3.63, 3.8) is 0 Å².